The molecule has 0 radical (unpaired) electrons. The molecule has 0 atom stereocenters. The van der Waals surface area contributed by atoms with Crippen molar-refractivity contribution in [2.45, 2.75) is 13.0 Å². The van der Waals surface area contributed by atoms with Gasteiger partial charge in [-0.1, -0.05) is 24.3 Å². The van der Waals surface area contributed by atoms with Crippen molar-refractivity contribution in [1.29, 1.82) is 0 Å². The van der Waals surface area contributed by atoms with Crippen LogP contribution in [0, 0.1) is 0 Å². The minimum absolute atomic E-state index is 0.267. The zero-order chi connectivity index (χ0) is 12.8. The molecule has 0 saturated carbocycles. The number of rotatable bonds is 5. The van der Waals surface area contributed by atoms with Crippen LogP contribution in [-0.2, 0) is 13.0 Å². The summed E-state index contributed by atoms with van der Waals surface area (Å²) in [6.45, 7) is 1.13. The lowest BCUT2D eigenvalue weighted by atomic mass is 10.1. The van der Waals surface area contributed by atoms with E-state index in [0.717, 1.165) is 17.7 Å². The normalized spacial score (nSPS) is 10.3. The highest BCUT2D eigenvalue weighted by Crippen LogP contribution is 2.16. The smallest absolute Gasteiger partial charge is 0.120 e. The van der Waals surface area contributed by atoms with E-state index in [0.29, 0.717) is 13.2 Å². The van der Waals surface area contributed by atoms with Gasteiger partial charge in [-0.3, -0.25) is 0 Å². The van der Waals surface area contributed by atoms with Crippen molar-refractivity contribution < 1.29 is 9.84 Å². The summed E-state index contributed by atoms with van der Waals surface area (Å²) in [5.74, 6) is 1.11. The molecule has 0 aliphatic rings. The maximum absolute atomic E-state index is 9.18. The Kier molecular flexibility index (Phi) is 4.20. The maximum atomic E-state index is 9.18. The molecule has 0 spiro atoms. The van der Waals surface area contributed by atoms with E-state index in [2.05, 4.69) is 0 Å². The molecule has 0 amide bonds. The van der Waals surface area contributed by atoms with Gasteiger partial charge in [0.2, 0.25) is 0 Å². The zero-order valence-corrected chi connectivity index (χ0v) is 10.2. The predicted molar refractivity (Wildman–Crippen MR) is 71.6 cm³/mol. The Bertz CT molecular complexity index is 494. The second-order valence-electron chi connectivity index (χ2n) is 4.14. The van der Waals surface area contributed by atoms with Crippen molar-refractivity contribution in [2.75, 3.05) is 6.54 Å². The molecule has 18 heavy (non-hydrogen) atoms. The average molecular weight is 243 g/mol. The van der Waals surface area contributed by atoms with E-state index in [1.54, 1.807) is 12.1 Å². The standard InChI is InChI=1S/C15H17NO2/c16-9-8-12-2-1-3-15(10-12)18-11-13-4-6-14(17)7-5-13/h1-7,10,17H,8-9,11,16H2. The molecule has 2 aromatic carbocycles. The third-order valence-corrected chi connectivity index (χ3v) is 2.67. The van der Waals surface area contributed by atoms with Crippen LogP contribution in [0.25, 0.3) is 0 Å². The molecule has 0 aliphatic carbocycles. The summed E-state index contributed by atoms with van der Waals surface area (Å²) in [5.41, 5.74) is 7.73. The molecule has 0 saturated heterocycles. The molecule has 0 aromatic heterocycles. The number of hydrogen-bond donors (Lipinski definition) is 2. The van der Waals surface area contributed by atoms with E-state index in [-0.39, 0.29) is 5.75 Å². The van der Waals surface area contributed by atoms with Crippen LogP contribution in [0.2, 0.25) is 0 Å². The van der Waals surface area contributed by atoms with Crippen LogP contribution in [0.1, 0.15) is 11.1 Å². The predicted octanol–water partition coefficient (Wildman–Crippen LogP) is 2.47. The Morgan fingerprint density at radius 1 is 1.00 bits per heavy atom. The summed E-state index contributed by atoms with van der Waals surface area (Å²) in [6, 6.07) is 15.0. The van der Waals surface area contributed by atoms with Crippen LogP contribution in [0.4, 0.5) is 0 Å². The van der Waals surface area contributed by atoms with Crippen molar-refractivity contribution in [2.24, 2.45) is 5.73 Å². The number of ether oxygens (including phenoxy) is 1. The molecule has 3 heteroatoms. The van der Waals surface area contributed by atoms with Gasteiger partial charge in [-0.15, -0.1) is 0 Å². The maximum Gasteiger partial charge on any atom is 0.120 e. The SMILES string of the molecule is NCCc1cccc(OCc2ccc(O)cc2)c1. The Morgan fingerprint density at radius 2 is 1.78 bits per heavy atom. The van der Waals surface area contributed by atoms with Crippen molar-refractivity contribution in [3.05, 3.63) is 59.7 Å². The first-order valence-corrected chi connectivity index (χ1v) is 5.97. The van der Waals surface area contributed by atoms with Crippen LogP contribution in [0.3, 0.4) is 0 Å². The Labute approximate surface area is 107 Å². The summed E-state index contributed by atoms with van der Waals surface area (Å²) in [6.07, 6.45) is 0.858. The first-order chi connectivity index (χ1) is 8.78. The molecule has 94 valence electrons. The average Bonchev–Trinajstić information content (AvgIpc) is 2.39. The van der Waals surface area contributed by atoms with Crippen LogP contribution >= 0.6 is 0 Å². The van der Waals surface area contributed by atoms with E-state index in [1.807, 2.05) is 36.4 Å². The van der Waals surface area contributed by atoms with Gasteiger partial charge in [0, 0.05) is 0 Å². The van der Waals surface area contributed by atoms with E-state index in [1.165, 1.54) is 5.56 Å². The molecule has 0 fully saturated rings. The fourth-order valence-electron chi connectivity index (χ4n) is 1.72. The number of hydrogen-bond acceptors (Lipinski definition) is 3. The highest BCUT2D eigenvalue weighted by Gasteiger charge is 1.98. The van der Waals surface area contributed by atoms with E-state index < -0.39 is 0 Å². The molecule has 0 bridgehead atoms. The summed E-state index contributed by atoms with van der Waals surface area (Å²) in [4.78, 5) is 0. The highest BCUT2D eigenvalue weighted by molar-refractivity contribution is 5.30. The molecule has 2 rings (SSSR count). The fourth-order valence-corrected chi connectivity index (χ4v) is 1.72. The Balaban J connectivity index is 1.97. The Hall–Kier alpha value is -2.00. The summed E-state index contributed by atoms with van der Waals surface area (Å²) in [7, 11) is 0. The van der Waals surface area contributed by atoms with Gasteiger partial charge in [0.15, 0.2) is 0 Å². The molecule has 3 nitrogen and oxygen atoms in total. The van der Waals surface area contributed by atoms with Crippen LogP contribution in [0.15, 0.2) is 48.5 Å². The molecule has 3 N–H and O–H groups in total. The van der Waals surface area contributed by atoms with Gasteiger partial charge in [0.25, 0.3) is 0 Å². The van der Waals surface area contributed by atoms with Gasteiger partial charge in [-0.2, -0.15) is 0 Å². The van der Waals surface area contributed by atoms with Gasteiger partial charge in [0.05, 0.1) is 0 Å². The lowest BCUT2D eigenvalue weighted by molar-refractivity contribution is 0.305. The van der Waals surface area contributed by atoms with Gasteiger partial charge in [-0.25, -0.2) is 0 Å². The van der Waals surface area contributed by atoms with Crippen molar-refractivity contribution in [1.82, 2.24) is 0 Å². The van der Waals surface area contributed by atoms with Crippen molar-refractivity contribution in [3.8, 4) is 11.5 Å². The first kappa shape index (κ1) is 12.5. The Morgan fingerprint density at radius 3 is 2.50 bits per heavy atom. The van der Waals surface area contributed by atoms with E-state index >= 15 is 0 Å². The van der Waals surface area contributed by atoms with E-state index in [9.17, 15) is 5.11 Å². The lowest BCUT2D eigenvalue weighted by Crippen LogP contribution is -2.03. The van der Waals surface area contributed by atoms with Gasteiger partial charge in [0.1, 0.15) is 18.1 Å². The summed E-state index contributed by atoms with van der Waals surface area (Å²) < 4.78 is 5.70. The third-order valence-electron chi connectivity index (χ3n) is 2.67. The van der Waals surface area contributed by atoms with Gasteiger partial charge >= 0.3 is 0 Å². The third kappa shape index (κ3) is 3.50. The summed E-state index contributed by atoms with van der Waals surface area (Å²) >= 11 is 0. The minimum Gasteiger partial charge on any atom is -0.508 e. The van der Waals surface area contributed by atoms with Gasteiger partial charge < -0.3 is 15.6 Å². The van der Waals surface area contributed by atoms with Crippen LogP contribution in [0.5, 0.6) is 11.5 Å². The number of phenols is 1. The summed E-state index contributed by atoms with van der Waals surface area (Å²) in [5, 5.41) is 9.18. The van der Waals surface area contributed by atoms with Crippen molar-refractivity contribution >= 4 is 0 Å². The molecule has 0 heterocycles. The quantitative estimate of drug-likeness (QED) is 0.848. The molecular formula is C15H17NO2. The fraction of sp³-hybridized carbons (Fsp3) is 0.200. The second-order valence-corrected chi connectivity index (χ2v) is 4.14. The highest BCUT2D eigenvalue weighted by atomic mass is 16.5. The largest absolute Gasteiger partial charge is 0.508 e. The first-order valence-electron chi connectivity index (χ1n) is 5.97. The zero-order valence-electron chi connectivity index (χ0n) is 10.2. The molecule has 0 unspecified atom stereocenters. The molecule has 2 aromatic rings. The number of aromatic hydroxyl groups is 1. The van der Waals surface area contributed by atoms with Gasteiger partial charge in [-0.05, 0) is 48.4 Å². The minimum atomic E-state index is 0.267. The number of phenolic OH excluding ortho intramolecular Hbond substituents is 1. The van der Waals surface area contributed by atoms with Crippen LogP contribution < -0.4 is 10.5 Å². The molecule has 0 aliphatic heterocycles. The topological polar surface area (TPSA) is 55.5 Å². The van der Waals surface area contributed by atoms with Crippen molar-refractivity contribution in [3.63, 3.8) is 0 Å². The number of nitrogens with two attached hydrogens (primary N) is 1. The molecular weight excluding hydrogens is 226 g/mol. The second kappa shape index (κ2) is 6.07. The monoisotopic (exact) mass is 243 g/mol. The van der Waals surface area contributed by atoms with Crippen LogP contribution in [-0.4, -0.2) is 11.7 Å². The number of benzene rings is 2. The lowest BCUT2D eigenvalue weighted by Gasteiger charge is -2.08. The van der Waals surface area contributed by atoms with E-state index in [4.69, 9.17) is 10.5 Å².